The van der Waals surface area contributed by atoms with Crippen LogP contribution in [-0.2, 0) is 30.5 Å². The quantitative estimate of drug-likeness (QED) is 0.571. The number of rotatable bonds is 3. The van der Waals surface area contributed by atoms with Gasteiger partial charge in [-0.15, -0.1) is 0 Å². The summed E-state index contributed by atoms with van der Waals surface area (Å²) in [4.78, 5) is 13.6. The van der Waals surface area contributed by atoms with E-state index in [0.29, 0.717) is 42.3 Å². The zero-order valence-electron chi connectivity index (χ0n) is 16.2. The Bertz CT molecular complexity index is 1090. The van der Waals surface area contributed by atoms with Crippen molar-refractivity contribution in [2.24, 2.45) is 0 Å². The van der Waals surface area contributed by atoms with Crippen LogP contribution in [0, 0.1) is 0 Å². The van der Waals surface area contributed by atoms with E-state index in [1.807, 2.05) is 16.8 Å². The third kappa shape index (κ3) is 4.07. The zero-order valence-corrected chi connectivity index (χ0v) is 17.0. The molecule has 8 heteroatoms. The molecule has 2 heterocycles. The van der Waals surface area contributed by atoms with Crippen LogP contribution in [0.25, 0.3) is 11.3 Å². The second-order valence-electron chi connectivity index (χ2n) is 7.33. The third-order valence-corrected chi connectivity index (χ3v) is 5.54. The molecule has 1 aliphatic rings. The van der Waals surface area contributed by atoms with Crippen LogP contribution >= 0.6 is 11.6 Å². The van der Waals surface area contributed by atoms with Gasteiger partial charge in [0.15, 0.2) is 0 Å². The summed E-state index contributed by atoms with van der Waals surface area (Å²) in [5, 5.41) is 5.30. The normalized spacial score (nSPS) is 14.0. The fourth-order valence-electron chi connectivity index (χ4n) is 3.73. The summed E-state index contributed by atoms with van der Waals surface area (Å²) in [6.07, 6.45) is -3.85. The first-order valence-electron chi connectivity index (χ1n) is 9.48. The van der Waals surface area contributed by atoms with Gasteiger partial charge in [-0.2, -0.15) is 18.3 Å². The number of alkyl halides is 3. The van der Waals surface area contributed by atoms with Crippen molar-refractivity contribution in [1.29, 1.82) is 0 Å². The van der Waals surface area contributed by atoms with Gasteiger partial charge in [0.25, 0.3) is 0 Å². The molecule has 0 saturated heterocycles. The lowest BCUT2D eigenvalue weighted by Gasteiger charge is -2.27. The van der Waals surface area contributed by atoms with Crippen LogP contribution in [0.1, 0.15) is 29.3 Å². The number of carbonyl (C=O) groups excluding carboxylic acids is 1. The minimum absolute atomic E-state index is 0.0684. The van der Waals surface area contributed by atoms with Crippen LogP contribution in [0.15, 0.2) is 48.5 Å². The van der Waals surface area contributed by atoms with Crippen LogP contribution in [0.2, 0.25) is 5.02 Å². The molecular weight excluding hydrogens is 415 g/mol. The summed E-state index contributed by atoms with van der Waals surface area (Å²) in [5.41, 5.74) is 2.87. The summed E-state index contributed by atoms with van der Waals surface area (Å²) in [6, 6.07) is 12.5. The van der Waals surface area contributed by atoms with E-state index in [1.54, 1.807) is 23.1 Å². The number of amides is 1. The van der Waals surface area contributed by atoms with E-state index >= 15 is 0 Å². The average Bonchev–Trinajstić information content (AvgIpc) is 3.07. The van der Waals surface area contributed by atoms with Gasteiger partial charge in [-0.25, -0.2) is 0 Å². The van der Waals surface area contributed by atoms with Crippen molar-refractivity contribution in [1.82, 2.24) is 14.7 Å². The van der Waals surface area contributed by atoms with Crippen LogP contribution in [0.5, 0.6) is 0 Å². The van der Waals surface area contributed by atoms with Gasteiger partial charge >= 0.3 is 6.18 Å². The van der Waals surface area contributed by atoms with Gasteiger partial charge in [0.1, 0.15) is 0 Å². The van der Waals surface area contributed by atoms with Crippen molar-refractivity contribution < 1.29 is 18.0 Å². The Balaban J connectivity index is 1.79. The second-order valence-corrected chi connectivity index (χ2v) is 7.76. The lowest BCUT2D eigenvalue weighted by molar-refractivity contribution is -0.137. The predicted molar refractivity (Wildman–Crippen MR) is 108 cm³/mol. The molecule has 0 spiro atoms. The molecule has 156 valence electrons. The van der Waals surface area contributed by atoms with E-state index in [-0.39, 0.29) is 5.91 Å². The van der Waals surface area contributed by atoms with Gasteiger partial charge < -0.3 is 4.90 Å². The highest BCUT2D eigenvalue weighted by molar-refractivity contribution is 6.30. The van der Waals surface area contributed by atoms with Crippen LogP contribution in [0.4, 0.5) is 13.2 Å². The largest absolute Gasteiger partial charge is 0.416 e. The van der Waals surface area contributed by atoms with Crippen molar-refractivity contribution in [3.8, 4) is 11.3 Å². The first-order chi connectivity index (χ1) is 14.2. The van der Waals surface area contributed by atoms with Crippen LogP contribution in [-0.4, -0.2) is 27.1 Å². The average molecular weight is 434 g/mol. The molecule has 4 rings (SSSR count). The van der Waals surface area contributed by atoms with Gasteiger partial charge in [0.05, 0.1) is 17.8 Å². The van der Waals surface area contributed by atoms with E-state index in [4.69, 9.17) is 11.6 Å². The van der Waals surface area contributed by atoms with Crippen molar-refractivity contribution in [3.05, 3.63) is 75.9 Å². The molecule has 1 aliphatic heterocycles. The fraction of sp³-hybridized carbons (Fsp3) is 0.273. The maximum absolute atomic E-state index is 13.2. The predicted octanol–water partition coefficient (Wildman–Crippen LogP) is 5.18. The highest BCUT2D eigenvalue weighted by Crippen LogP contribution is 2.35. The van der Waals surface area contributed by atoms with E-state index < -0.39 is 11.7 Å². The minimum Gasteiger partial charge on any atom is -0.338 e. The van der Waals surface area contributed by atoms with E-state index in [0.717, 1.165) is 29.0 Å². The maximum Gasteiger partial charge on any atom is 0.416 e. The molecule has 1 aromatic heterocycles. The Kier molecular flexibility index (Phi) is 5.32. The number of nitrogens with zero attached hydrogens (tertiary/aromatic N) is 3. The minimum atomic E-state index is -4.44. The molecule has 3 aromatic rings. The molecule has 0 bridgehead atoms. The Hall–Kier alpha value is -2.80. The summed E-state index contributed by atoms with van der Waals surface area (Å²) in [5.74, 6) is -0.0684. The Morgan fingerprint density at radius 2 is 1.90 bits per heavy atom. The molecule has 1 amide bonds. The van der Waals surface area contributed by atoms with Crippen molar-refractivity contribution in [2.75, 3.05) is 6.54 Å². The first kappa shape index (κ1) is 20.5. The summed E-state index contributed by atoms with van der Waals surface area (Å²) >= 11 is 5.96. The molecule has 0 saturated carbocycles. The van der Waals surface area contributed by atoms with Gasteiger partial charge in [-0.3, -0.25) is 9.48 Å². The molecule has 2 aromatic carbocycles. The number of aromatic nitrogens is 2. The van der Waals surface area contributed by atoms with E-state index in [1.165, 1.54) is 13.0 Å². The Morgan fingerprint density at radius 3 is 2.57 bits per heavy atom. The Morgan fingerprint density at radius 1 is 1.17 bits per heavy atom. The van der Waals surface area contributed by atoms with Gasteiger partial charge in [-0.1, -0.05) is 35.9 Å². The SMILES string of the molecule is CC(=O)N1CCc2c(c(-c3cccc(C(F)(F)F)c3)nn2Cc2ccc(Cl)cc2)C1. The summed E-state index contributed by atoms with van der Waals surface area (Å²) in [6.45, 7) is 2.85. The number of hydrogen-bond acceptors (Lipinski definition) is 2. The van der Waals surface area contributed by atoms with E-state index in [9.17, 15) is 18.0 Å². The number of fused-ring (bicyclic) bond motifs is 1. The molecule has 0 fully saturated rings. The number of hydrogen-bond donors (Lipinski definition) is 0. The van der Waals surface area contributed by atoms with Crippen LogP contribution < -0.4 is 0 Å². The van der Waals surface area contributed by atoms with Gasteiger partial charge in [0.2, 0.25) is 5.91 Å². The van der Waals surface area contributed by atoms with Gasteiger partial charge in [0, 0.05) is 48.3 Å². The van der Waals surface area contributed by atoms with Crippen molar-refractivity contribution >= 4 is 17.5 Å². The molecule has 0 radical (unpaired) electrons. The lowest BCUT2D eigenvalue weighted by atomic mass is 9.99. The molecule has 0 atom stereocenters. The highest BCUT2D eigenvalue weighted by Gasteiger charge is 2.32. The van der Waals surface area contributed by atoms with E-state index in [2.05, 4.69) is 5.10 Å². The van der Waals surface area contributed by atoms with Gasteiger partial charge in [-0.05, 0) is 29.8 Å². The standard InChI is InChI=1S/C22H19ClF3N3O/c1-14(30)28-10-9-20-19(13-28)21(16-3-2-4-17(11-16)22(24,25)26)27-29(20)12-15-5-7-18(23)8-6-15/h2-8,11H,9-10,12-13H2,1H3. The monoisotopic (exact) mass is 433 g/mol. The molecule has 0 N–H and O–H groups in total. The van der Waals surface area contributed by atoms with Crippen LogP contribution in [0.3, 0.4) is 0 Å². The topological polar surface area (TPSA) is 38.1 Å². The van der Waals surface area contributed by atoms with Crippen molar-refractivity contribution in [2.45, 2.75) is 32.6 Å². The smallest absolute Gasteiger partial charge is 0.338 e. The highest BCUT2D eigenvalue weighted by atomic mass is 35.5. The number of benzene rings is 2. The molecule has 0 aliphatic carbocycles. The summed E-state index contributed by atoms with van der Waals surface area (Å²) < 4.78 is 41.5. The summed E-state index contributed by atoms with van der Waals surface area (Å²) in [7, 11) is 0. The molecule has 0 unspecified atom stereocenters. The second kappa shape index (κ2) is 7.80. The maximum atomic E-state index is 13.2. The first-order valence-corrected chi connectivity index (χ1v) is 9.86. The lowest BCUT2D eigenvalue weighted by Crippen LogP contribution is -2.34. The van der Waals surface area contributed by atoms with Crippen molar-refractivity contribution in [3.63, 3.8) is 0 Å². The number of halogens is 4. The molecule has 4 nitrogen and oxygen atoms in total. The Labute approximate surface area is 176 Å². The number of carbonyl (C=O) groups is 1. The fourth-order valence-corrected chi connectivity index (χ4v) is 3.85. The third-order valence-electron chi connectivity index (χ3n) is 5.29. The molecule has 30 heavy (non-hydrogen) atoms. The zero-order chi connectivity index (χ0) is 21.5. The molecular formula is C22H19ClF3N3O.